The van der Waals surface area contributed by atoms with Crippen LogP contribution in [0.5, 0.6) is 0 Å². The van der Waals surface area contributed by atoms with E-state index in [1.165, 1.54) is 112 Å². The predicted octanol–water partition coefficient (Wildman–Crippen LogP) is 17.2. The van der Waals surface area contributed by atoms with E-state index >= 15 is 0 Å². The first-order chi connectivity index (χ1) is 46.0. The summed E-state index contributed by atoms with van der Waals surface area (Å²) in [6, 6.07) is 113. The Kier molecular flexibility index (Phi) is 30.9. The van der Waals surface area contributed by atoms with Crippen molar-refractivity contribution in [2.45, 2.75) is 38.5 Å². The normalized spacial score (nSPS) is 11.8. The van der Waals surface area contributed by atoms with Crippen molar-refractivity contribution in [3.05, 3.63) is 386 Å². The van der Waals surface area contributed by atoms with Crippen LogP contribution >= 0.6 is 31.7 Å². The van der Waals surface area contributed by atoms with E-state index in [1.807, 2.05) is 60.7 Å². The Bertz CT molecular complexity index is 4030. The molecule has 8 heteroatoms. The Morgan fingerprint density at radius 1 is 0.224 bits per heavy atom. The number of hydrogen-bond acceptors (Lipinski definition) is 0. The molecule has 0 radical (unpaired) electrons. The van der Waals surface area contributed by atoms with E-state index in [-0.39, 0.29) is 100 Å². The van der Waals surface area contributed by atoms with Gasteiger partial charge in [-0.1, -0.05) is 198 Å². The molecule has 0 amide bonds. The van der Waals surface area contributed by atoms with Crippen molar-refractivity contribution in [2.75, 3.05) is 24.6 Å². The zero-order valence-corrected chi connectivity index (χ0v) is 67.7. The monoisotopic (exact) mass is 2070 g/mol. The van der Waals surface area contributed by atoms with Gasteiger partial charge in [-0.15, -0.1) is 70.8 Å². The summed E-state index contributed by atoms with van der Waals surface area (Å²) in [6.07, 6.45) is 34.1. The minimum Gasteiger partial charge on any atom is -0.366 e. The minimum atomic E-state index is -0.783. The second kappa shape index (κ2) is 38.4. The summed E-state index contributed by atoms with van der Waals surface area (Å²) in [4.78, 5) is 0. The van der Waals surface area contributed by atoms with Gasteiger partial charge < -0.3 is 25.7 Å². The van der Waals surface area contributed by atoms with Gasteiger partial charge in [0, 0.05) is 10.8 Å². The molecule has 14 rings (SSSR count). The van der Waals surface area contributed by atoms with Crippen LogP contribution in [0.25, 0.3) is 22.3 Å². The Balaban J connectivity index is 0.000000184. The van der Waals surface area contributed by atoms with Gasteiger partial charge in [0.1, 0.15) is 24.6 Å². The number of fused-ring (bicyclic) bond motifs is 6. The maximum Gasteiger partial charge on any atom is 1.00 e. The molecule has 0 aromatic heterocycles. The van der Waals surface area contributed by atoms with Crippen molar-refractivity contribution >= 4 is 74.1 Å². The molecule has 0 bridgehead atoms. The van der Waals surface area contributed by atoms with Gasteiger partial charge in [-0.25, -0.2) is 0 Å². The molecule has 496 valence electrons. The molecule has 0 N–H and O–H groups in total. The molecule has 0 fully saturated rings. The third-order valence-corrected chi connectivity index (χ3v) is 30.4. The molecule has 0 spiro atoms. The zero-order valence-electron chi connectivity index (χ0n) is 55.1. The molecule has 12 aromatic rings. The average Bonchev–Trinajstić information content (AvgIpc) is 1.59. The molecule has 0 unspecified atom stereocenters. The summed E-state index contributed by atoms with van der Waals surface area (Å²) < 4.78 is 0. The Morgan fingerprint density at radius 2 is 0.408 bits per heavy atom. The molecule has 2 aliphatic carbocycles. The van der Waals surface area contributed by atoms with Gasteiger partial charge in [-0.05, 0) is 142 Å². The molecule has 98 heavy (non-hydrogen) atoms. The molecular weight excluding hydrogens is 1990 g/mol. The molecule has 0 aliphatic heterocycles. The van der Waals surface area contributed by atoms with Crippen LogP contribution < -0.4 is 42.4 Å². The predicted molar refractivity (Wildman–Crippen MR) is 414 cm³/mol. The van der Waals surface area contributed by atoms with E-state index < -0.39 is 31.7 Å². The van der Waals surface area contributed by atoms with E-state index in [0.29, 0.717) is 0 Å². The fourth-order valence-corrected chi connectivity index (χ4v) is 25.7. The summed E-state index contributed by atoms with van der Waals surface area (Å²) >= 11 is 0. The van der Waals surface area contributed by atoms with Crippen molar-refractivity contribution in [3.8, 4) is 45.9 Å². The summed E-state index contributed by atoms with van der Waals surface area (Å²) in [6.45, 7) is 8.77. The maximum atomic E-state index is 7.28. The van der Waals surface area contributed by atoms with Crippen molar-refractivity contribution in [2.24, 2.45) is 0 Å². The first-order valence-electron chi connectivity index (χ1n) is 32.2. The number of rotatable bonds is 14. The van der Waals surface area contributed by atoms with Gasteiger partial charge in [-0.2, -0.15) is 0 Å². The summed E-state index contributed by atoms with van der Waals surface area (Å²) in [7, 11) is -3.13. The van der Waals surface area contributed by atoms with E-state index in [0.717, 1.165) is 22.3 Å². The summed E-state index contributed by atoms with van der Waals surface area (Å²) in [5.41, 5.74) is 12.8. The van der Waals surface area contributed by atoms with Gasteiger partial charge >= 0.3 is 89.5 Å². The van der Waals surface area contributed by atoms with Gasteiger partial charge in [0.25, 0.3) is 0 Å². The molecule has 0 heterocycles. The summed E-state index contributed by atoms with van der Waals surface area (Å²) in [5.74, 6) is 9.79. The van der Waals surface area contributed by atoms with E-state index in [9.17, 15) is 0 Å². The van der Waals surface area contributed by atoms with E-state index in [4.69, 9.17) is 25.7 Å². The topological polar surface area (TPSA) is 0 Å². The SMILES string of the molecule is [Au+].[Au+].[Au+].[Au+].[C-]#Cc1ccc2c(c1)-c1ccc(C#[C-])cc1C2(C)C.[C-]#Cc1ccc2c(c1)-c1ccc(C#[C-])cc1C2(C)C.c1ccc([PH+](CC[PH+](c2ccccc2)c2ccccc2)c2ccccc2)cc1.c1ccc([PH+](CC[PH+](c2ccccc2)c2ccccc2)c2ccccc2)cc1. The Labute approximate surface area is 651 Å². The van der Waals surface area contributed by atoms with Crippen LogP contribution in [0.4, 0.5) is 0 Å². The maximum absolute atomic E-state index is 7.28. The third-order valence-electron chi connectivity index (χ3n) is 18.2. The first kappa shape index (κ1) is 78.9. The number of hydrogen-bond donors (Lipinski definition) is 0. The van der Waals surface area contributed by atoms with Gasteiger partial charge in [0.05, 0.1) is 74.1 Å². The van der Waals surface area contributed by atoms with E-state index in [2.05, 4.69) is 306 Å². The molecule has 0 nitrogen and oxygen atoms in total. The van der Waals surface area contributed by atoms with Gasteiger partial charge in [0.15, 0.2) is 0 Å². The molecule has 0 saturated heterocycles. The quantitative estimate of drug-likeness (QED) is 0.0441. The van der Waals surface area contributed by atoms with Crippen molar-refractivity contribution < 1.29 is 89.5 Å². The molecule has 0 atom stereocenters. The van der Waals surface area contributed by atoms with Gasteiger partial charge in [0.2, 0.25) is 0 Å². The van der Waals surface area contributed by atoms with Crippen LogP contribution in [0.2, 0.25) is 0 Å². The molecule has 0 saturated carbocycles. The smallest absolute Gasteiger partial charge is 0.366 e. The van der Waals surface area contributed by atoms with E-state index in [1.54, 1.807) is 0 Å². The average molecular weight is 2070 g/mol. The fourth-order valence-electron chi connectivity index (χ4n) is 13.3. The zero-order chi connectivity index (χ0) is 65.3. The largest absolute Gasteiger partial charge is 1.00 e. The number of benzene rings is 12. The van der Waals surface area contributed by atoms with Crippen LogP contribution in [0.15, 0.2) is 315 Å². The fraction of sp³-hybridized carbons (Fsp3) is 0.111. The Hall–Kier alpha value is -6.44. The minimum absolute atomic E-state index is 0. The van der Waals surface area contributed by atoms with Crippen molar-refractivity contribution in [1.29, 1.82) is 0 Å². The van der Waals surface area contributed by atoms with Crippen molar-refractivity contribution in [1.82, 2.24) is 0 Å². The van der Waals surface area contributed by atoms with Crippen LogP contribution in [-0.2, 0) is 100 Å². The van der Waals surface area contributed by atoms with Crippen LogP contribution in [0.1, 0.15) is 72.2 Å². The first-order valence-corrected chi connectivity index (χ1v) is 39.0. The molecule has 12 aromatic carbocycles. The molecular formula is C90H76Au4P4+4. The standard InChI is InChI=1S/2C26H24P2.2C19H12.4Au/c2*1-5-13-23(14-6-1)27(24-15-7-2-8-16-24)21-22-28(25-17-9-3-10-18-25)26-19-11-4-12-20-26;2*1-5-13-8-10-17-16(11-13)15-9-7-14(6-2)12-18(15)19(17,3)4;;;;/h2*1-20H,21-22H2;2*7-12H,3-4H3;;;;/q;;2*-2;4*+1/p+4. The molecule has 2 aliphatic rings. The summed E-state index contributed by atoms with van der Waals surface area (Å²) in [5, 5.41) is 12.1. The van der Waals surface area contributed by atoms with Gasteiger partial charge in [-0.3, -0.25) is 23.7 Å². The Morgan fingerprint density at radius 3 is 0.602 bits per heavy atom. The van der Waals surface area contributed by atoms with Crippen molar-refractivity contribution in [3.63, 3.8) is 0 Å². The second-order valence-electron chi connectivity index (χ2n) is 24.6. The second-order valence-corrected chi connectivity index (χ2v) is 35.1. The van der Waals surface area contributed by atoms with Crippen LogP contribution in [0.3, 0.4) is 0 Å². The van der Waals surface area contributed by atoms with Crippen LogP contribution in [0, 0.1) is 49.4 Å². The third kappa shape index (κ3) is 19.1. The van der Waals surface area contributed by atoms with Crippen LogP contribution in [-0.4, -0.2) is 24.6 Å².